The van der Waals surface area contributed by atoms with Gasteiger partial charge < -0.3 is 4.90 Å². The van der Waals surface area contributed by atoms with E-state index in [0.717, 1.165) is 28.8 Å². The van der Waals surface area contributed by atoms with Gasteiger partial charge in [-0.2, -0.15) is 0 Å². The highest BCUT2D eigenvalue weighted by Crippen LogP contribution is 2.28. The number of piperidine rings is 1. The molecule has 82 valence electrons. The average molecular weight is 272 g/mol. The molecule has 2 rings (SSSR count). The van der Waals surface area contributed by atoms with Crippen LogP contribution in [0.4, 0.5) is 10.1 Å². The number of anilines is 1. The predicted molar refractivity (Wildman–Crippen MR) is 64.9 cm³/mol. The van der Waals surface area contributed by atoms with Gasteiger partial charge in [-0.1, -0.05) is 15.9 Å². The molecule has 1 heterocycles. The van der Waals surface area contributed by atoms with E-state index in [4.69, 9.17) is 0 Å². The number of benzene rings is 1. The monoisotopic (exact) mass is 271 g/mol. The van der Waals surface area contributed by atoms with Crippen molar-refractivity contribution in [2.75, 3.05) is 18.0 Å². The van der Waals surface area contributed by atoms with Crippen molar-refractivity contribution in [1.29, 1.82) is 0 Å². The van der Waals surface area contributed by atoms with Crippen LogP contribution in [-0.2, 0) is 0 Å². The number of aryl methyl sites for hydroxylation is 1. The van der Waals surface area contributed by atoms with E-state index in [-0.39, 0.29) is 5.82 Å². The van der Waals surface area contributed by atoms with E-state index in [1.54, 1.807) is 6.07 Å². The van der Waals surface area contributed by atoms with Crippen molar-refractivity contribution >= 4 is 21.6 Å². The predicted octanol–water partition coefficient (Wildman–Crippen LogP) is 3.89. The fourth-order valence-electron chi connectivity index (χ4n) is 2.02. The first-order valence-corrected chi connectivity index (χ1v) is 6.18. The normalized spacial score (nSPS) is 16.9. The molecule has 0 aliphatic carbocycles. The molecule has 3 heteroatoms. The first-order chi connectivity index (χ1) is 7.18. The van der Waals surface area contributed by atoms with Gasteiger partial charge in [0.25, 0.3) is 0 Å². The summed E-state index contributed by atoms with van der Waals surface area (Å²) in [4.78, 5) is 2.15. The Balaban J connectivity index is 2.30. The van der Waals surface area contributed by atoms with E-state index in [1.165, 1.54) is 19.3 Å². The summed E-state index contributed by atoms with van der Waals surface area (Å²) in [5, 5.41) is 0. The second kappa shape index (κ2) is 4.52. The molecule has 1 aromatic carbocycles. The van der Waals surface area contributed by atoms with Gasteiger partial charge in [0.15, 0.2) is 0 Å². The summed E-state index contributed by atoms with van der Waals surface area (Å²) in [7, 11) is 0. The fourth-order valence-corrected chi connectivity index (χ4v) is 2.33. The van der Waals surface area contributed by atoms with Gasteiger partial charge in [-0.3, -0.25) is 0 Å². The molecule has 0 saturated carbocycles. The van der Waals surface area contributed by atoms with E-state index >= 15 is 0 Å². The van der Waals surface area contributed by atoms with Crippen LogP contribution >= 0.6 is 15.9 Å². The third-order valence-electron chi connectivity index (χ3n) is 2.92. The summed E-state index contributed by atoms with van der Waals surface area (Å²) in [5.74, 6) is -0.116. The molecular formula is C12H15BrFN. The zero-order valence-corrected chi connectivity index (χ0v) is 10.5. The first kappa shape index (κ1) is 10.9. The van der Waals surface area contributed by atoms with Gasteiger partial charge in [0.05, 0.1) is 5.69 Å². The van der Waals surface area contributed by atoms with Crippen molar-refractivity contribution in [3.05, 3.63) is 28.0 Å². The van der Waals surface area contributed by atoms with Crippen molar-refractivity contribution in [2.24, 2.45) is 0 Å². The second-order valence-corrected chi connectivity index (χ2v) is 4.95. The van der Waals surface area contributed by atoms with Crippen LogP contribution in [0.5, 0.6) is 0 Å². The highest BCUT2D eigenvalue weighted by atomic mass is 79.9. The summed E-state index contributed by atoms with van der Waals surface area (Å²) in [5.41, 5.74) is 1.85. The maximum atomic E-state index is 13.7. The Morgan fingerprint density at radius 2 is 1.87 bits per heavy atom. The van der Waals surface area contributed by atoms with Gasteiger partial charge in [-0.15, -0.1) is 0 Å². The average Bonchev–Trinajstić information content (AvgIpc) is 2.25. The van der Waals surface area contributed by atoms with Gasteiger partial charge in [-0.05, 0) is 43.9 Å². The van der Waals surface area contributed by atoms with E-state index in [0.29, 0.717) is 0 Å². The quantitative estimate of drug-likeness (QED) is 0.749. The van der Waals surface area contributed by atoms with Crippen LogP contribution in [0, 0.1) is 12.7 Å². The summed E-state index contributed by atoms with van der Waals surface area (Å²) < 4.78 is 14.6. The van der Waals surface area contributed by atoms with Crippen molar-refractivity contribution in [3.63, 3.8) is 0 Å². The third-order valence-corrected chi connectivity index (χ3v) is 3.78. The topological polar surface area (TPSA) is 3.24 Å². The minimum Gasteiger partial charge on any atom is -0.369 e. The Bertz CT molecular complexity index is 359. The molecule has 1 fully saturated rings. The molecule has 15 heavy (non-hydrogen) atoms. The Hall–Kier alpha value is -0.570. The molecule has 1 saturated heterocycles. The lowest BCUT2D eigenvalue weighted by Gasteiger charge is -2.29. The molecule has 0 atom stereocenters. The summed E-state index contributed by atoms with van der Waals surface area (Å²) >= 11 is 3.35. The van der Waals surface area contributed by atoms with Crippen molar-refractivity contribution < 1.29 is 4.39 Å². The molecule has 1 nitrogen and oxygen atoms in total. The van der Waals surface area contributed by atoms with Gasteiger partial charge in [0.2, 0.25) is 0 Å². The first-order valence-electron chi connectivity index (χ1n) is 5.39. The van der Waals surface area contributed by atoms with Crippen LogP contribution < -0.4 is 4.90 Å². The summed E-state index contributed by atoms with van der Waals surface area (Å²) in [6, 6.07) is 3.50. The standard InChI is InChI=1S/C12H15BrFN/c1-9-7-12(11(14)8-10(9)13)15-5-3-2-4-6-15/h7-8H,2-6H2,1H3. The molecule has 0 aromatic heterocycles. The smallest absolute Gasteiger partial charge is 0.147 e. The molecule has 1 aliphatic heterocycles. The molecule has 0 spiro atoms. The zero-order chi connectivity index (χ0) is 10.8. The van der Waals surface area contributed by atoms with E-state index in [1.807, 2.05) is 13.0 Å². The van der Waals surface area contributed by atoms with Crippen molar-refractivity contribution in [2.45, 2.75) is 26.2 Å². The van der Waals surface area contributed by atoms with Crippen LogP contribution in [0.3, 0.4) is 0 Å². The lowest BCUT2D eigenvalue weighted by Crippen LogP contribution is -2.30. The number of hydrogen-bond acceptors (Lipinski definition) is 1. The summed E-state index contributed by atoms with van der Waals surface area (Å²) in [6.45, 7) is 3.97. The lowest BCUT2D eigenvalue weighted by molar-refractivity contribution is 0.556. The van der Waals surface area contributed by atoms with Crippen LogP contribution in [0.1, 0.15) is 24.8 Å². The maximum absolute atomic E-state index is 13.7. The maximum Gasteiger partial charge on any atom is 0.147 e. The highest BCUT2D eigenvalue weighted by molar-refractivity contribution is 9.10. The lowest BCUT2D eigenvalue weighted by atomic mass is 10.1. The number of nitrogens with zero attached hydrogens (tertiary/aromatic N) is 1. The van der Waals surface area contributed by atoms with E-state index < -0.39 is 0 Å². The molecule has 1 aromatic rings. The second-order valence-electron chi connectivity index (χ2n) is 4.10. The number of rotatable bonds is 1. The molecule has 0 amide bonds. The minimum atomic E-state index is -0.116. The zero-order valence-electron chi connectivity index (χ0n) is 8.89. The molecule has 0 bridgehead atoms. The van der Waals surface area contributed by atoms with Crippen LogP contribution in [0.2, 0.25) is 0 Å². The Kier molecular flexibility index (Phi) is 3.29. The van der Waals surface area contributed by atoms with E-state index in [2.05, 4.69) is 20.8 Å². The number of halogens is 2. The largest absolute Gasteiger partial charge is 0.369 e. The molecule has 0 N–H and O–H groups in total. The van der Waals surface area contributed by atoms with Crippen molar-refractivity contribution in [3.8, 4) is 0 Å². The molecule has 0 radical (unpaired) electrons. The van der Waals surface area contributed by atoms with Gasteiger partial charge in [0, 0.05) is 17.6 Å². The Labute approximate surface area is 98.4 Å². The van der Waals surface area contributed by atoms with Gasteiger partial charge in [-0.25, -0.2) is 4.39 Å². The third kappa shape index (κ3) is 2.33. The summed E-state index contributed by atoms with van der Waals surface area (Å²) in [6.07, 6.45) is 3.62. The Morgan fingerprint density at radius 1 is 1.20 bits per heavy atom. The fraction of sp³-hybridized carbons (Fsp3) is 0.500. The molecule has 0 unspecified atom stereocenters. The highest BCUT2D eigenvalue weighted by Gasteiger charge is 2.15. The van der Waals surface area contributed by atoms with Crippen LogP contribution in [-0.4, -0.2) is 13.1 Å². The minimum absolute atomic E-state index is 0.116. The van der Waals surface area contributed by atoms with E-state index in [9.17, 15) is 4.39 Å². The molecular weight excluding hydrogens is 257 g/mol. The van der Waals surface area contributed by atoms with Crippen LogP contribution in [0.25, 0.3) is 0 Å². The SMILES string of the molecule is Cc1cc(N2CCCCC2)c(F)cc1Br. The molecule has 1 aliphatic rings. The van der Waals surface area contributed by atoms with Crippen LogP contribution in [0.15, 0.2) is 16.6 Å². The van der Waals surface area contributed by atoms with Crippen molar-refractivity contribution in [1.82, 2.24) is 0 Å². The van der Waals surface area contributed by atoms with Gasteiger partial charge >= 0.3 is 0 Å². The Morgan fingerprint density at radius 3 is 2.53 bits per heavy atom. The van der Waals surface area contributed by atoms with Gasteiger partial charge in [0.1, 0.15) is 5.82 Å². The number of hydrogen-bond donors (Lipinski definition) is 0.